The minimum absolute atomic E-state index is 0.0409. The average Bonchev–Trinajstić information content (AvgIpc) is 2.94. The lowest BCUT2D eigenvalue weighted by molar-refractivity contribution is -0.157. The van der Waals surface area contributed by atoms with Gasteiger partial charge in [0, 0.05) is 19.4 Å². The van der Waals surface area contributed by atoms with Crippen molar-refractivity contribution in [3.8, 4) is 5.75 Å². The number of amides is 2. The molecule has 6 nitrogen and oxygen atoms in total. The zero-order valence-electron chi connectivity index (χ0n) is 13.9. The number of aliphatic hydroxyl groups is 1. The number of carbonyl (C=O) groups is 2. The van der Waals surface area contributed by atoms with E-state index >= 15 is 0 Å². The van der Waals surface area contributed by atoms with Gasteiger partial charge >= 0.3 is 6.18 Å². The molecule has 2 aliphatic rings. The molecule has 1 saturated heterocycles. The fraction of sp³-hybridized carbons (Fsp3) is 0.529. The van der Waals surface area contributed by atoms with Crippen molar-refractivity contribution in [3.63, 3.8) is 0 Å². The van der Waals surface area contributed by atoms with Crippen LogP contribution in [0.5, 0.6) is 5.75 Å². The quantitative estimate of drug-likeness (QED) is 0.823. The number of alkyl halides is 3. The standard InChI is InChI=1S/C17H19F3N2O4/c18-17(19,20)8-22-7-12(5-14(22)24)15(25)21-16(9-23)6-11-3-1-2-4-13(11)26-10-16/h1-4,12,23H,5-10H2,(H,21,25). The third kappa shape index (κ3) is 3.92. The van der Waals surface area contributed by atoms with E-state index in [9.17, 15) is 27.9 Å². The molecule has 2 aliphatic heterocycles. The second kappa shape index (κ2) is 6.79. The Morgan fingerprint density at radius 2 is 2.12 bits per heavy atom. The van der Waals surface area contributed by atoms with Gasteiger partial charge in [-0.15, -0.1) is 0 Å². The molecule has 142 valence electrons. The van der Waals surface area contributed by atoms with Crippen molar-refractivity contribution >= 4 is 11.8 Å². The molecule has 0 saturated carbocycles. The highest BCUT2D eigenvalue weighted by molar-refractivity contribution is 5.89. The van der Waals surface area contributed by atoms with Crippen LogP contribution in [0.3, 0.4) is 0 Å². The number of nitrogens with one attached hydrogen (secondary N) is 1. The van der Waals surface area contributed by atoms with E-state index in [1.165, 1.54) is 0 Å². The smallest absolute Gasteiger partial charge is 0.406 e. The Kier molecular flexibility index (Phi) is 4.83. The van der Waals surface area contributed by atoms with Crippen LogP contribution in [0.1, 0.15) is 12.0 Å². The Labute approximate surface area is 147 Å². The van der Waals surface area contributed by atoms with Gasteiger partial charge in [-0.2, -0.15) is 13.2 Å². The van der Waals surface area contributed by atoms with Crippen LogP contribution in [-0.4, -0.2) is 59.8 Å². The topological polar surface area (TPSA) is 78.9 Å². The van der Waals surface area contributed by atoms with E-state index in [2.05, 4.69) is 5.32 Å². The number of hydrogen-bond donors (Lipinski definition) is 2. The molecule has 2 amide bonds. The van der Waals surface area contributed by atoms with Crippen molar-refractivity contribution in [3.05, 3.63) is 29.8 Å². The Morgan fingerprint density at radius 3 is 2.81 bits per heavy atom. The van der Waals surface area contributed by atoms with Crippen LogP contribution in [0.4, 0.5) is 13.2 Å². The zero-order valence-corrected chi connectivity index (χ0v) is 13.9. The number of hydrogen-bond acceptors (Lipinski definition) is 4. The SMILES string of the molecule is O=C(NC1(CO)COc2ccccc2C1)C1CC(=O)N(CC(F)(F)F)C1. The normalized spacial score (nSPS) is 25.6. The summed E-state index contributed by atoms with van der Waals surface area (Å²) in [6.07, 6.45) is -4.45. The summed E-state index contributed by atoms with van der Waals surface area (Å²) in [5.74, 6) is -1.48. The van der Waals surface area contributed by atoms with E-state index < -0.39 is 36.0 Å². The van der Waals surface area contributed by atoms with Gasteiger partial charge in [-0.3, -0.25) is 9.59 Å². The molecule has 26 heavy (non-hydrogen) atoms. The van der Waals surface area contributed by atoms with E-state index in [0.29, 0.717) is 17.1 Å². The van der Waals surface area contributed by atoms with Crippen molar-refractivity contribution in [2.24, 2.45) is 5.92 Å². The molecule has 0 radical (unpaired) electrons. The van der Waals surface area contributed by atoms with Gasteiger partial charge in [0.05, 0.1) is 12.5 Å². The fourth-order valence-electron chi connectivity index (χ4n) is 3.32. The Hall–Kier alpha value is -2.29. The van der Waals surface area contributed by atoms with Gasteiger partial charge in [0.2, 0.25) is 11.8 Å². The van der Waals surface area contributed by atoms with Gasteiger partial charge in [-0.1, -0.05) is 18.2 Å². The van der Waals surface area contributed by atoms with Gasteiger partial charge in [-0.25, -0.2) is 0 Å². The highest BCUT2D eigenvalue weighted by Gasteiger charge is 2.43. The molecule has 2 N–H and O–H groups in total. The highest BCUT2D eigenvalue weighted by Crippen LogP contribution is 2.30. The summed E-state index contributed by atoms with van der Waals surface area (Å²) < 4.78 is 43.1. The fourth-order valence-corrected chi connectivity index (χ4v) is 3.32. The number of ether oxygens (including phenoxy) is 1. The average molecular weight is 372 g/mol. The first-order valence-electron chi connectivity index (χ1n) is 8.19. The molecule has 1 aromatic rings. The van der Waals surface area contributed by atoms with Gasteiger partial charge < -0.3 is 20.1 Å². The summed E-state index contributed by atoms with van der Waals surface area (Å²) >= 11 is 0. The maximum absolute atomic E-state index is 12.5. The molecular weight excluding hydrogens is 353 g/mol. The molecule has 1 aromatic carbocycles. The molecule has 3 rings (SSSR count). The van der Waals surface area contributed by atoms with Crippen LogP contribution >= 0.6 is 0 Å². The van der Waals surface area contributed by atoms with Crippen molar-refractivity contribution in [1.82, 2.24) is 10.2 Å². The van der Waals surface area contributed by atoms with Crippen molar-refractivity contribution in [2.45, 2.75) is 24.6 Å². The van der Waals surface area contributed by atoms with Gasteiger partial charge in [-0.05, 0) is 11.6 Å². The number of benzene rings is 1. The van der Waals surface area contributed by atoms with Crippen LogP contribution in [0.25, 0.3) is 0 Å². The molecule has 0 spiro atoms. The minimum Gasteiger partial charge on any atom is -0.491 e. The Morgan fingerprint density at radius 1 is 1.38 bits per heavy atom. The van der Waals surface area contributed by atoms with Crippen LogP contribution in [-0.2, 0) is 16.0 Å². The van der Waals surface area contributed by atoms with Crippen LogP contribution in [0.2, 0.25) is 0 Å². The van der Waals surface area contributed by atoms with E-state index in [-0.39, 0.29) is 26.2 Å². The van der Waals surface area contributed by atoms with Gasteiger partial charge in [0.1, 0.15) is 24.4 Å². The van der Waals surface area contributed by atoms with Gasteiger partial charge in [0.25, 0.3) is 0 Å². The molecule has 2 unspecified atom stereocenters. The molecule has 2 atom stereocenters. The molecule has 0 bridgehead atoms. The Balaban J connectivity index is 1.66. The lowest BCUT2D eigenvalue weighted by atomic mass is 9.88. The van der Waals surface area contributed by atoms with Crippen molar-refractivity contribution < 1.29 is 32.6 Å². The van der Waals surface area contributed by atoms with E-state index in [1.54, 1.807) is 6.07 Å². The zero-order chi connectivity index (χ0) is 18.9. The second-order valence-electron chi connectivity index (χ2n) is 6.79. The van der Waals surface area contributed by atoms with Crippen molar-refractivity contribution in [2.75, 3.05) is 26.3 Å². The molecular formula is C17H19F3N2O4. The number of para-hydroxylation sites is 1. The number of aliphatic hydroxyl groups excluding tert-OH is 1. The van der Waals surface area contributed by atoms with Crippen LogP contribution in [0, 0.1) is 5.92 Å². The molecule has 9 heteroatoms. The summed E-state index contributed by atoms with van der Waals surface area (Å²) in [6, 6.07) is 7.21. The Bertz CT molecular complexity index is 709. The summed E-state index contributed by atoms with van der Waals surface area (Å²) in [5, 5.41) is 12.5. The minimum atomic E-state index is -4.51. The third-order valence-corrected chi connectivity index (χ3v) is 4.65. The molecule has 0 aliphatic carbocycles. The first kappa shape index (κ1) is 18.5. The van der Waals surface area contributed by atoms with Crippen molar-refractivity contribution in [1.29, 1.82) is 0 Å². The lowest BCUT2D eigenvalue weighted by Crippen LogP contribution is -2.59. The third-order valence-electron chi connectivity index (χ3n) is 4.65. The number of halogens is 3. The number of likely N-dealkylation sites (tertiary alicyclic amines) is 1. The predicted octanol–water partition coefficient (Wildman–Crippen LogP) is 0.880. The number of nitrogens with zero attached hydrogens (tertiary/aromatic N) is 1. The summed E-state index contributed by atoms with van der Waals surface area (Å²) in [7, 11) is 0. The first-order chi connectivity index (χ1) is 12.2. The number of rotatable bonds is 4. The van der Waals surface area contributed by atoms with Gasteiger partial charge in [0.15, 0.2) is 0 Å². The number of carbonyl (C=O) groups excluding carboxylic acids is 2. The number of fused-ring (bicyclic) bond motifs is 1. The van der Waals surface area contributed by atoms with Crippen LogP contribution in [0.15, 0.2) is 24.3 Å². The summed E-state index contributed by atoms with van der Waals surface area (Å²) in [4.78, 5) is 24.9. The maximum Gasteiger partial charge on any atom is 0.406 e. The van der Waals surface area contributed by atoms with E-state index in [1.807, 2.05) is 18.2 Å². The molecule has 2 heterocycles. The monoisotopic (exact) mass is 372 g/mol. The molecule has 1 fully saturated rings. The van der Waals surface area contributed by atoms with E-state index in [4.69, 9.17) is 4.74 Å². The largest absolute Gasteiger partial charge is 0.491 e. The second-order valence-corrected chi connectivity index (χ2v) is 6.79. The highest BCUT2D eigenvalue weighted by atomic mass is 19.4. The summed E-state index contributed by atoms with van der Waals surface area (Å²) in [5.41, 5.74) is -0.249. The van der Waals surface area contributed by atoms with Crippen LogP contribution < -0.4 is 10.1 Å². The van der Waals surface area contributed by atoms with E-state index in [0.717, 1.165) is 5.56 Å². The first-order valence-corrected chi connectivity index (χ1v) is 8.19. The maximum atomic E-state index is 12.5. The predicted molar refractivity (Wildman–Crippen MR) is 84.3 cm³/mol. The summed E-state index contributed by atoms with van der Waals surface area (Å²) in [6.45, 7) is -2.00. The molecule has 0 aromatic heterocycles. The lowest BCUT2D eigenvalue weighted by Gasteiger charge is -2.37.